The molecule has 2 aromatic rings. The molecule has 0 bridgehead atoms. The van der Waals surface area contributed by atoms with E-state index in [1.807, 2.05) is 13.0 Å². The van der Waals surface area contributed by atoms with Gasteiger partial charge in [-0.2, -0.15) is 0 Å². The third-order valence-electron chi connectivity index (χ3n) is 5.75. The van der Waals surface area contributed by atoms with Crippen LogP contribution in [0.3, 0.4) is 0 Å². The number of aryl methyl sites for hydroxylation is 2. The lowest BCUT2D eigenvalue weighted by Gasteiger charge is -2.30. The van der Waals surface area contributed by atoms with E-state index in [9.17, 15) is 4.79 Å². The van der Waals surface area contributed by atoms with Crippen molar-refractivity contribution in [3.63, 3.8) is 0 Å². The van der Waals surface area contributed by atoms with Crippen LogP contribution in [-0.2, 0) is 11.2 Å². The average molecular weight is 426 g/mol. The Labute approximate surface area is 182 Å². The van der Waals surface area contributed by atoms with Gasteiger partial charge in [0.05, 0.1) is 18.9 Å². The number of anilines is 4. The molecule has 2 aliphatic heterocycles. The van der Waals surface area contributed by atoms with E-state index in [2.05, 4.69) is 44.9 Å². The number of benzene rings is 1. The highest BCUT2D eigenvalue weighted by Crippen LogP contribution is 2.28. The number of hydrogen-bond acceptors (Lipinski definition) is 8. The van der Waals surface area contributed by atoms with Crippen LogP contribution < -0.4 is 26.6 Å². The molecule has 4 rings (SSSR count). The van der Waals surface area contributed by atoms with E-state index >= 15 is 0 Å². The van der Waals surface area contributed by atoms with E-state index in [0.29, 0.717) is 24.1 Å². The normalized spacial score (nSPS) is 18.8. The predicted molar refractivity (Wildman–Crippen MR) is 122 cm³/mol. The van der Waals surface area contributed by atoms with Crippen LogP contribution in [0.1, 0.15) is 35.1 Å². The molecule has 2 fully saturated rings. The Morgan fingerprint density at radius 2 is 2.10 bits per heavy atom. The number of rotatable bonds is 7. The summed E-state index contributed by atoms with van der Waals surface area (Å²) in [6, 6.07) is 6.43. The summed E-state index contributed by atoms with van der Waals surface area (Å²) in [7, 11) is 0. The average Bonchev–Trinajstić information content (AvgIpc) is 3.27. The van der Waals surface area contributed by atoms with Crippen molar-refractivity contribution in [1.29, 1.82) is 0 Å². The number of carbonyl (C=O) groups excluding carboxylic acids is 1. The second-order valence-electron chi connectivity index (χ2n) is 7.99. The maximum absolute atomic E-state index is 12.1. The van der Waals surface area contributed by atoms with E-state index < -0.39 is 5.91 Å². The molecule has 2 aliphatic rings. The van der Waals surface area contributed by atoms with E-state index in [0.717, 1.165) is 62.8 Å². The summed E-state index contributed by atoms with van der Waals surface area (Å²) in [6.45, 7) is 9.19. The van der Waals surface area contributed by atoms with Crippen molar-refractivity contribution < 1.29 is 9.53 Å². The second kappa shape index (κ2) is 9.49. The highest BCUT2D eigenvalue weighted by Gasteiger charge is 2.21. The van der Waals surface area contributed by atoms with Gasteiger partial charge in [0.25, 0.3) is 5.91 Å². The van der Waals surface area contributed by atoms with Crippen molar-refractivity contribution in [3.8, 4) is 0 Å². The Morgan fingerprint density at radius 1 is 1.29 bits per heavy atom. The number of aromatic nitrogens is 2. The fourth-order valence-electron chi connectivity index (χ4n) is 4.09. The zero-order chi connectivity index (χ0) is 21.8. The number of ether oxygens (including phenoxy) is 1. The maximum Gasteiger partial charge on any atom is 0.271 e. The molecule has 5 N–H and O–H groups in total. The third-order valence-corrected chi connectivity index (χ3v) is 5.75. The van der Waals surface area contributed by atoms with Gasteiger partial charge in [-0.1, -0.05) is 6.92 Å². The minimum Gasteiger partial charge on any atom is -0.378 e. The van der Waals surface area contributed by atoms with Crippen LogP contribution in [-0.4, -0.2) is 61.3 Å². The molecule has 166 valence electrons. The fourth-order valence-corrected chi connectivity index (χ4v) is 4.09. The predicted octanol–water partition coefficient (Wildman–Crippen LogP) is 1.80. The van der Waals surface area contributed by atoms with Crippen molar-refractivity contribution in [2.45, 2.75) is 32.7 Å². The highest BCUT2D eigenvalue weighted by atomic mass is 16.5. The number of nitrogens with one attached hydrogen (secondary N) is 3. The number of hydrogen-bond donors (Lipinski definition) is 4. The summed E-state index contributed by atoms with van der Waals surface area (Å²) >= 11 is 0. The molecular weight excluding hydrogens is 394 g/mol. The molecule has 1 aromatic carbocycles. The molecule has 3 heterocycles. The molecule has 1 atom stereocenters. The molecule has 9 heteroatoms. The molecule has 1 aromatic heterocycles. The van der Waals surface area contributed by atoms with Gasteiger partial charge in [0.2, 0.25) is 0 Å². The van der Waals surface area contributed by atoms with Crippen LogP contribution in [0.4, 0.5) is 23.0 Å². The van der Waals surface area contributed by atoms with Crippen molar-refractivity contribution in [1.82, 2.24) is 15.3 Å². The van der Waals surface area contributed by atoms with Crippen molar-refractivity contribution in [2.75, 3.05) is 54.9 Å². The van der Waals surface area contributed by atoms with Crippen LogP contribution >= 0.6 is 0 Å². The zero-order valence-corrected chi connectivity index (χ0v) is 18.2. The van der Waals surface area contributed by atoms with Crippen molar-refractivity contribution in [2.24, 2.45) is 5.73 Å². The van der Waals surface area contributed by atoms with Gasteiger partial charge in [0.1, 0.15) is 0 Å². The lowest BCUT2D eigenvalue weighted by atomic mass is 10.1. The van der Waals surface area contributed by atoms with Crippen molar-refractivity contribution in [3.05, 3.63) is 35.2 Å². The Kier molecular flexibility index (Phi) is 6.53. The number of carbonyl (C=O) groups is 1. The molecule has 2 saturated heterocycles. The standard InChI is InChI=1S/C22H31N7O2/c1-3-17-21(26-16-6-7-24-13-16)28-22(19(27-17)20(23)30)25-15-4-5-18(14(2)12-15)29-8-10-31-11-9-29/h4-5,12,16,24H,3,6-11,13H2,1-2H3,(H2,23,30)(H2,25,26,28)/t16-/m1/s1. The first kappa shape index (κ1) is 21.3. The van der Waals surface area contributed by atoms with Gasteiger partial charge in [0, 0.05) is 37.1 Å². The lowest BCUT2D eigenvalue weighted by Crippen LogP contribution is -2.36. The van der Waals surface area contributed by atoms with Gasteiger partial charge < -0.3 is 31.3 Å². The van der Waals surface area contributed by atoms with Gasteiger partial charge in [-0.05, 0) is 50.1 Å². The zero-order valence-electron chi connectivity index (χ0n) is 18.2. The monoisotopic (exact) mass is 425 g/mol. The number of primary amides is 1. The van der Waals surface area contributed by atoms with Gasteiger partial charge in [-0.25, -0.2) is 9.97 Å². The molecule has 0 spiro atoms. The Bertz CT molecular complexity index is 938. The summed E-state index contributed by atoms with van der Waals surface area (Å²) in [5, 5.41) is 10.1. The first-order chi connectivity index (χ1) is 15.0. The quantitative estimate of drug-likeness (QED) is 0.531. The first-order valence-electron chi connectivity index (χ1n) is 10.9. The number of nitrogens with two attached hydrogens (primary N) is 1. The number of nitrogens with zero attached hydrogens (tertiary/aromatic N) is 3. The molecular formula is C22H31N7O2. The van der Waals surface area contributed by atoms with Crippen LogP contribution in [0.15, 0.2) is 18.2 Å². The van der Waals surface area contributed by atoms with Crippen LogP contribution in [0.5, 0.6) is 0 Å². The van der Waals surface area contributed by atoms with Gasteiger partial charge in [0.15, 0.2) is 17.3 Å². The molecule has 0 saturated carbocycles. The maximum atomic E-state index is 12.1. The summed E-state index contributed by atoms with van der Waals surface area (Å²) in [5.41, 5.74) is 9.69. The lowest BCUT2D eigenvalue weighted by molar-refractivity contribution is 0.0996. The van der Waals surface area contributed by atoms with E-state index in [4.69, 9.17) is 15.5 Å². The van der Waals surface area contributed by atoms with Crippen LogP contribution in [0.2, 0.25) is 0 Å². The Balaban J connectivity index is 1.61. The Morgan fingerprint density at radius 3 is 2.74 bits per heavy atom. The summed E-state index contributed by atoms with van der Waals surface area (Å²) in [4.78, 5) is 23.7. The molecule has 0 aliphatic carbocycles. The summed E-state index contributed by atoms with van der Waals surface area (Å²) in [6.07, 6.45) is 1.68. The highest BCUT2D eigenvalue weighted by molar-refractivity contribution is 5.96. The summed E-state index contributed by atoms with van der Waals surface area (Å²) in [5.74, 6) is 0.475. The summed E-state index contributed by atoms with van der Waals surface area (Å²) < 4.78 is 5.45. The molecule has 0 radical (unpaired) electrons. The Hall–Kier alpha value is -2.91. The minimum absolute atomic E-state index is 0.154. The fraction of sp³-hybridized carbons (Fsp3) is 0.500. The first-order valence-corrected chi connectivity index (χ1v) is 10.9. The van der Waals surface area contributed by atoms with Crippen LogP contribution in [0, 0.1) is 6.92 Å². The SMILES string of the molecule is CCc1nc(C(N)=O)c(Nc2ccc(N3CCOCC3)c(C)c2)nc1N[C@@H]1CCNC1. The molecule has 31 heavy (non-hydrogen) atoms. The van der Waals surface area contributed by atoms with Gasteiger partial charge >= 0.3 is 0 Å². The van der Waals surface area contributed by atoms with E-state index in [-0.39, 0.29) is 5.69 Å². The van der Waals surface area contributed by atoms with E-state index in [1.165, 1.54) is 5.69 Å². The van der Waals surface area contributed by atoms with E-state index in [1.54, 1.807) is 0 Å². The minimum atomic E-state index is -0.597. The third kappa shape index (κ3) is 4.88. The number of morpholine rings is 1. The van der Waals surface area contributed by atoms with Gasteiger partial charge in [-0.15, -0.1) is 0 Å². The smallest absolute Gasteiger partial charge is 0.271 e. The van der Waals surface area contributed by atoms with Crippen molar-refractivity contribution >= 4 is 28.9 Å². The molecule has 1 amide bonds. The topological polar surface area (TPSA) is 117 Å². The largest absolute Gasteiger partial charge is 0.378 e. The second-order valence-corrected chi connectivity index (χ2v) is 7.99. The van der Waals surface area contributed by atoms with Crippen LogP contribution in [0.25, 0.3) is 0 Å². The number of amides is 1. The molecule has 0 unspecified atom stereocenters. The molecule has 9 nitrogen and oxygen atoms in total. The van der Waals surface area contributed by atoms with Gasteiger partial charge in [-0.3, -0.25) is 4.79 Å².